The molecule has 1 aromatic heterocycles. The molecule has 0 radical (unpaired) electrons. The summed E-state index contributed by atoms with van der Waals surface area (Å²) in [5.74, 6) is 0.148. The molecule has 1 atom stereocenters. The number of nitrogens with zero attached hydrogens (tertiary/aromatic N) is 2. The molecule has 1 N–H and O–H groups in total. The van der Waals surface area contributed by atoms with Gasteiger partial charge < -0.3 is 10.0 Å². The largest absolute Gasteiger partial charge is 0.481 e. The third kappa shape index (κ3) is 2.50. The predicted octanol–water partition coefficient (Wildman–Crippen LogP) is 3.69. The summed E-state index contributed by atoms with van der Waals surface area (Å²) in [6, 6.07) is 8.00. The van der Waals surface area contributed by atoms with Crippen molar-refractivity contribution in [1.82, 2.24) is 4.98 Å². The minimum atomic E-state index is -0.728. The topological polar surface area (TPSA) is 53.4 Å². The van der Waals surface area contributed by atoms with Gasteiger partial charge in [-0.1, -0.05) is 28.1 Å². The van der Waals surface area contributed by atoms with Gasteiger partial charge in [-0.15, -0.1) is 0 Å². The predicted molar refractivity (Wildman–Crippen MR) is 86.6 cm³/mol. The van der Waals surface area contributed by atoms with E-state index in [0.29, 0.717) is 13.0 Å². The molecular weight excluding hydrogens is 332 g/mol. The summed E-state index contributed by atoms with van der Waals surface area (Å²) < 4.78 is 1.03. The number of hydrogen-bond acceptors (Lipinski definition) is 3. The van der Waals surface area contributed by atoms with Crippen molar-refractivity contribution in [2.24, 2.45) is 5.41 Å². The number of benzene rings is 1. The van der Waals surface area contributed by atoms with Crippen molar-refractivity contribution in [3.8, 4) is 0 Å². The Kier molecular flexibility index (Phi) is 3.61. The first-order chi connectivity index (χ1) is 10.0. The molecular formula is C16H17BrN2O2. The second-order valence-corrected chi connectivity index (χ2v) is 6.71. The average molecular weight is 349 g/mol. The van der Waals surface area contributed by atoms with Gasteiger partial charge in [0.2, 0.25) is 0 Å². The summed E-state index contributed by atoms with van der Waals surface area (Å²) >= 11 is 3.56. The number of carboxylic acids is 1. The van der Waals surface area contributed by atoms with E-state index in [2.05, 4.69) is 25.8 Å². The lowest BCUT2D eigenvalue weighted by atomic mass is 9.82. The fourth-order valence-corrected chi connectivity index (χ4v) is 3.50. The third-order valence-corrected chi connectivity index (χ3v) is 4.94. The van der Waals surface area contributed by atoms with Crippen LogP contribution in [0.2, 0.25) is 0 Å². The van der Waals surface area contributed by atoms with Crippen LogP contribution in [0.1, 0.15) is 19.8 Å². The number of fused-ring (bicyclic) bond motifs is 1. The maximum Gasteiger partial charge on any atom is 0.311 e. The van der Waals surface area contributed by atoms with Crippen LogP contribution >= 0.6 is 15.9 Å². The number of pyridine rings is 1. The fourth-order valence-electron chi connectivity index (χ4n) is 3.00. The molecule has 110 valence electrons. The summed E-state index contributed by atoms with van der Waals surface area (Å²) in [6.45, 7) is 3.17. The molecule has 1 unspecified atom stereocenters. The quantitative estimate of drug-likeness (QED) is 0.899. The van der Waals surface area contributed by atoms with E-state index < -0.39 is 11.4 Å². The second-order valence-electron chi connectivity index (χ2n) is 5.86. The molecule has 2 heterocycles. The number of aromatic nitrogens is 1. The monoisotopic (exact) mass is 348 g/mol. The zero-order valence-corrected chi connectivity index (χ0v) is 13.4. The molecule has 0 amide bonds. The Balaban J connectivity index is 2.05. The van der Waals surface area contributed by atoms with Crippen molar-refractivity contribution in [2.75, 3.05) is 18.0 Å². The molecule has 21 heavy (non-hydrogen) atoms. The van der Waals surface area contributed by atoms with Crippen LogP contribution in [0.3, 0.4) is 0 Å². The highest BCUT2D eigenvalue weighted by atomic mass is 79.9. The van der Waals surface area contributed by atoms with Gasteiger partial charge in [0.1, 0.15) is 5.82 Å². The van der Waals surface area contributed by atoms with Gasteiger partial charge in [-0.3, -0.25) is 4.79 Å². The first-order valence-corrected chi connectivity index (χ1v) is 7.82. The van der Waals surface area contributed by atoms with Crippen LogP contribution in [0.4, 0.5) is 5.82 Å². The molecule has 1 fully saturated rings. The van der Waals surface area contributed by atoms with Crippen molar-refractivity contribution in [2.45, 2.75) is 19.8 Å². The minimum Gasteiger partial charge on any atom is -0.481 e. The standard InChI is InChI=1S/C16H17BrN2O2/c1-16(15(20)21)7-3-9-19(10-16)14-12-4-2-5-13(17)11(12)6-8-18-14/h2,4-6,8H,3,7,9-10H2,1H3,(H,20,21). The molecule has 0 bridgehead atoms. The Hall–Kier alpha value is -1.62. The molecule has 1 saturated heterocycles. The van der Waals surface area contributed by atoms with E-state index in [1.54, 1.807) is 6.20 Å². The van der Waals surface area contributed by atoms with Gasteiger partial charge in [0, 0.05) is 34.5 Å². The normalized spacial score (nSPS) is 22.5. The van der Waals surface area contributed by atoms with Gasteiger partial charge >= 0.3 is 5.97 Å². The Morgan fingerprint density at radius 3 is 2.95 bits per heavy atom. The first kappa shape index (κ1) is 14.3. The van der Waals surface area contributed by atoms with Crippen LogP contribution in [-0.2, 0) is 4.79 Å². The maximum absolute atomic E-state index is 11.5. The highest BCUT2D eigenvalue weighted by Crippen LogP contribution is 2.35. The van der Waals surface area contributed by atoms with E-state index in [9.17, 15) is 9.90 Å². The highest BCUT2D eigenvalue weighted by molar-refractivity contribution is 9.10. The van der Waals surface area contributed by atoms with Crippen LogP contribution in [-0.4, -0.2) is 29.1 Å². The number of halogens is 1. The molecule has 3 rings (SSSR count). The van der Waals surface area contributed by atoms with E-state index in [-0.39, 0.29) is 0 Å². The number of aliphatic carboxylic acids is 1. The van der Waals surface area contributed by atoms with Crippen molar-refractivity contribution < 1.29 is 9.90 Å². The third-order valence-electron chi connectivity index (χ3n) is 4.24. The average Bonchev–Trinajstić information content (AvgIpc) is 2.47. The van der Waals surface area contributed by atoms with Crippen molar-refractivity contribution in [3.05, 3.63) is 34.9 Å². The summed E-state index contributed by atoms with van der Waals surface area (Å²) in [7, 11) is 0. The van der Waals surface area contributed by atoms with E-state index in [1.807, 2.05) is 31.2 Å². The van der Waals surface area contributed by atoms with Gasteiger partial charge in [-0.25, -0.2) is 4.98 Å². The minimum absolute atomic E-state index is 0.501. The van der Waals surface area contributed by atoms with Crippen LogP contribution in [0.5, 0.6) is 0 Å². The summed E-state index contributed by atoms with van der Waals surface area (Å²) in [5.41, 5.74) is -0.700. The summed E-state index contributed by atoms with van der Waals surface area (Å²) in [6.07, 6.45) is 3.37. The molecule has 1 aliphatic rings. The SMILES string of the molecule is CC1(C(=O)O)CCCN(c2nccc3c(Br)cccc23)C1. The second kappa shape index (κ2) is 5.30. The van der Waals surface area contributed by atoms with Gasteiger partial charge in [0.15, 0.2) is 0 Å². The van der Waals surface area contributed by atoms with Gasteiger partial charge in [0.25, 0.3) is 0 Å². The Morgan fingerprint density at radius 2 is 2.19 bits per heavy atom. The number of piperidine rings is 1. The Morgan fingerprint density at radius 1 is 1.38 bits per heavy atom. The summed E-state index contributed by atoms with van der Waals surface area (Å²) in [5, 5.41) is 11.6. The Labute approximate surface area is 131 Å². The molecule has 5 heteroatoms. The van der Waals surface area contributed by atoms with Crippen molar-refractivity contribution in [1.29, 1.82) is 0 Å². The number of hydrogen-bond donors (Lipinski definition) is 1. The molecule has 1 aromatic carbocycles. The molecule has 1 aliphatic heterocycles. The number of carboxylic acid groups (broad SMARTS) is 1. The fraction of sp³-hybridized carbons (Fsp3) is 0.375. The van der Waals surface area contributed by atoms with Gasteiger partial charge in [-0.05, 0) is 31.9 Å². The lowest BCUT2D eigenvalue weighted by Gasteiger charge is -2.38. The van der Waals surface area contributed by atoms with Crippen molar-refractivity contribution >= 4 is 38.5 Å². The summed E-state index contributed by atoms with van der Waals surface area (Å²) in [4.78, 5) is 18.1. The molecule has 2 aromatic rings. The molecule has 0 aliphatic carbocycles. The molecule has 0 saturated carbocycles. The smallest absolute Gasteiger partial charge is 0.311 e. The lowest BCUT2D eigenvalue weighted by Crippen LogP contribution is -2.46. The van der Waals surface area contributed by atoms with Crippen LogP contribution in [0, 0.1) is 5.41 Å². The highest BCUT2D eigenvalue weighted by Gasteiger charge is 2.38. The van der Waals surface area contributed by atoms with Crippen LogP contribution in [0.15, 0.2) is 34.9 Å². The maximum atomic E-state index is 11.5. The molecule has 0 spiro atoms. The van der Waals surface area contributed by atoms with Gasteiger partial charge in [0.05, 0.1) is 5.41 Å². The van der Waals surface area contributed by atoms with Crippen LogP contribution < -0.4 is 4.90 Å². The lowest BCUT2D eigenvalue weighted by molar-refractivity contribution is -0.148. The number of carbonyl (C=O) groups is 1. The zero-order valence-electron chi connectivity index (χ0n) is 11.8. The number of rotatable bonds is 2. The zero-order chi connectivity index (χ0) is 15.0. The van der Waals surface area contributed by atoms with Gasteiger partial charge in [-0.2, -0.15) is 0 Å². The van der Waals surface area contributed by atoms with E-state index in [1.165, 1.54) is 0 Å². The van der Waals surface area contributed by atoms with E-state index >= 15 is 0 Å². The van der Waals surface area contributed by atoms with E-state index in [4.69, 9.17) is 0 Å². The molecule has 4 nitrogen and oxygen atoms in total. The first-order valence-electron chi connectivity index (χ1n) is 7.03. The van der Waals surface area contributed by atoms with Crippen LogP contribution in [0.25, 0.3) is 10.8 Å². The van der Waals surface area contributed by atoms with E-state index in [0.717, 1.165) is 34.0 Å². The van der Waals surface area contributed by atoms with Crippen molar-refractivity contribution in [3.63, 3.8) is 0 Å². The number of anilines is 1. The Bertz CT molecular complexity index is 704.